The number of rotatable bonds is 3. The van der Waals surface area contributed by atoms with E-state index >= 15 is 0 Å². The van der Waals surface area contributed by atoms with E-state index in [4.69, 9.17) is 0 Å². The highest BCUT2D eigenvalue weighted by Crippen LogP contribution is 2.33. The Morgan fingerprint density at radius 1 is 1.12 bits per heavy atom. The fourth-order valence-corrected chi connectivity index (χ4v) is 3.35. The number of alkyl halides is 3. The van der Waals surface area contributed by atoms with Gasteiger partial charge in [-0.3, -0.25) is 0 Å². The lowest BCUT2D eigenvalue weighted by Gasteiger charge is -2.31. The first-order chi connectivity index (χ1) is 11.0. The van der Waals surface area contributed by atoms with Crippen LogP contribution in [0, 0.1) is 0 Å². The lowest BCUT2D eigenvalue weighted by atomic mass is 10.1. The molecule has 8 heteroatoms. The second kappa shape index (κ2) is 7.61. The van der Waals surface area contributed by atoms with Crippen molar-refractivity contribution in [3.05, 3.63) is 35.4 Å². The molecule has 0 bridgehead atoms. The Morgan fingerprint density at radius 3 is 2.46 bits per heavy atom. The van der Waals surface area contributed by atoms with Crippen molar-refractivity contribution in [2.45, 2.75) is 31.6 Å². The van der Waals surface area contributed by atoms with Crippen molar-refractivity contribution >= 4 is 18.4 Å². The van der Waals surface area contributed by atoms with E-state index in [9.17, 15) is 18.0 Å². The molecule has 2 fully saturated rings. The standard InChI is InChI=1S/C16H20F3N3O.ClH/c17-16(18,19)14-4-2-1-3-12(14)11-21-9-10-22(15(21)23)13-5-7-20-8-6-13;/h1-4,13,20H,5-11H2;1H. The van der Waals surface area contributed by atoms with Crippen LogP contribution in [0.5, 0.6) is 0 Å². The summed E-state index contributed by atoms with van der Waals surface area (Å²) in [5, 5.41) is 3.25. The SMILES string of the molecule is Cl.O=C1N(Cc2ccccc2C(F)(F)F)CCN1C1CCNCC1. The predicted molar refractivity (Wildman–Crippen MR) is 87.1 cm³/mol. The number of halogens is 4. The molecule has 2 amide bonds. The summed E-state index contributed by atoms with van der Waals surface area (Å²) < 4.78 is 39.2. The number of nitrogens with one attached hydrogen (secondary N) is 1. The van der Waals surface area contributed by atoms with Crippen molar-refractivity contribution < 1.29 is 18.0 Å². The molecule has 2 aliphatic rings. The van der Waals surface area contributed by atoms with Gasteiger partial charge in [0.15, 0.2) is 0 Å². The van der Waals surface area contributed by atoms with E-state index in [-0.39, 0.29) is 36.6 Å². The van der Waals surface area contributed by atoms with E-state index in [0.717, 1.165) is 32.0 Å². The molecule has 0 radical (unpaired) electrons. The Labute approximate surface area is 145 Å². The van der Waals surface area contributed by atoms with Gasteiger partial charge in [0, 0.05) is 25.7 Å². The number of carbonyl (C=O) groups is 1. The van der Waals surface area contributed by atoms with Gasteiger partial charge in [-0.2, -0.15) is 13.2 Å². The molecule has 0 unspecified atom stereocenters. The van der Waals surface area contributed by atoms with Gasteiger partial charge in [0.2, 0.25) is 0 Å². The number of piperidine rings is 1. The fourth-order valence-electron chi connectivity index (χ4n) is 3.35. The molecule has 134 valence electrons. The predicted octanol–water partition coefficient (Wildman–Crippen LogP) is 3.12. The third kappa shape index (κ3) is 3.95. The van der Waals surface area contributed by atoms with Crippen LogP contribution in [-0.2, 0) is 12.7 Å². The molecule has 0 aromatic heterocycles. The van der Waals surface area contributed by atoms with Crippen molar-refractivity contribution in [3.8, 4) is 0 Å². The van der Waals surface area contributed by atoms with Crippen LogP contribution in [0.3, 0.4) is 0 Å². The normalized spacial score (nSPS) is 19.5. The number of benzene rings is 1. The first kappa shape index (κ1) is 18.9. The van der Waals surface area contributed by atoms with Crippen LogP contribution >= 0.6 is 12.4 Å². The molecule has 0 spiro atoms. The van der Waals surface area contributed by atoms with Crippen molar-refractivity contribution in [1.82, 2.24) is 15.1 Å². The van der Waals surface area contributed by atoms with Crippen molar-refractivity contribution in [1.29, 1.82) is 0 Å². The molecule has 1 aromatic carbocycles. The Hall–Kier alpha value is -1.47. The molecule has 1 N–H and O–H groups in total. The van der Waals surface area contributed by atoms with Crippen molar-refractivity contribution in [2.75, 3.05) is 26.2 Å². The second-order valence-corrected chi connectivity index (χ2v) is 6.03. The number of hydrogen-bond acceptors (Lipinski definition) is 2. The van der Waals surface area contributed by atoms with Crippen molar-refractivity contribution in [2.24, 2.45) is 0 Å². The quantitative estimate of drug-likeness (QED) is 0.895. The van der Waals surface area contributed by atoms with Gasteiger partial charge in [0.1, 0.15) is 0 Å². The molecule has 1 aromatic rings. The van der Waals surface area contributed by atoms with E-state index in [2.05, 4.69) is 5.32 Å². The average molecular weight is 364 g/mol. The summed E-state index contributed by atoms with van der Waals surface area (Å²) in [7, 11) is 0. The van der Waals surface area contributed by atoms with Gasteiger partial charge in [-0.1, -0.05) is 18.2 Å². The summed E-state index contributed by atoms with van der Waals surface area (Å²) in [6.07, 6.45) is -2.59. The maximum atomic E-state index is 13.1. The van der Waals surface area contributed by atoms with Crippen LogP contribution in [0.25, 0.3) is 0 Å². The minimum Gasteiger partial charge on any atom is -0.320 e. The van der Waals surface area contributed by atoms with E-state index in [0.29, 0.717) is 13.1 Å². The van der Waals surface area contributed by atoms with Crippen LogP contribution < -0.4 is 5.32 Å². The largest absolute Gasteiger partial charge is 0.416 e. The van der Waals surface area contributed by atoms with Gasteiger partial charge in [-0.25, -0.2) is 4.79 Å². The van der Waals surface area contributed by atoms with Crippen LogP contribution in [0.1, 0.15) is 24.0 Å². The summed E-state index contributed by atoms with van der Waals surface area (Å²) in [5.41, 5.74) is -0.506. The van der Waals surface area contributed by atoms with Crippen LogP contribution in [0.2, 0.25) is 0 Å². The topological polar surface area (TPSA) is 35.6 Å². The highest BCUT2D eigenvalue weighted by atomic mass is 35.5. The molecule has 4 nitrogen and oxygen atoms in total. The Kier molecular flexibility index (Phi) is 5.98. The first-order valence-corrected chi connectivity index (χ1v) is 7.88. The molecule has 2 heterocycles. The number of amides is 2. The van der Waals surface area contributed by atoms with Gasteiger partial charge >= 0.3 is 12.2 Å². The first-order valence-electron chi connectivity index (χ1n) is 7.88. The molecular formula is C16H21ClF3N3O. The monoisotopic (exact) mass is 363 g/mol. The van der Waals surface area contributed by atoms with E-state index in [1.54, 1.807) is 6.07 Å². The molecule has 24 heavy (non-hydrogen) atoms. The van der Waals surface area contributed by atoms with Crippen LogP contribution in [0.4, 0.5) is 18.0 Å². The molecular weight excluding hydrogens is 343 g/mol. The van der Waals surface area contributed by atoms with Gasteiger partial charge in [0.25, 0.3) is 0 Å². The Morgan fingerprint density at radius 2 is 1.79 bits per heavy atom. The summed E-state index contributed by atoms with van der Waals surface area (Å²) >= 11 is 0. The number of hydrogen-bond donors (Lipinski definition) is 1. The molecule has 0 atom stereocenters. The third-order valence-corrected chi connectivity index (χ3v) is 4.56. The lowest BCUT2D eigenvalue weighted by molar-refractivity contribution is -0.138. The molecule has 2 saturated heterocycles. The Bertz CT molecular complexity index is 576. The van der Waals surface area contributed by atoms with Gasteiger partial charge in [0.05, 0.1) is 5.56 Å². The molecule has 0 saturated carbocycles. The minimum absolute atomic E-state index is 0. The summed E-state index contributed by atoms with van der Waals surface area (Å²) in [5.74, 6) is 0. The van der Waals surface area contributed by atoms with Crippen molar-refractivity contribution in [3.63, 3.8) is 0 Å². The maximum Gasteiger partial charge on any atom is 0.416 e. The molecule has 3 rings (SSSR count). The average Bonchev–Trinajstić information content (AvgIpc) is 2.89. The lowest BCUT2D eigenvalue weighted by Crippen LogP contribution is -2.45. The fraction of sp³-hybridized carbons (Fsp3) is 0.562. The van der Waals surface area contributed by atoms with Crippen LogP contribution in [0.15, 0.2) is 24.3 Å². The minimum atomic E-state index is -4.39. The highest BCUT2D eigenvalue weighted by molar-refractivity contribution is 5.85. The second-order valence-electron chi connectivity index (χ2n) is 6.03. The zero-order valence-electron chi connectivity index (χ0n) is 13.2. The highest BCUT2D eigenvalue weighted by Gasteiger charge is 2.37. The van der Waals surface area contributed by atoms with E-state index < -0.39 is 11.7 Å². The third-order valence-electron chi connectivity index (χ3n) is 4.56. The number of nitrogens with zero attached hydrogens (tertiary/aromatic N) is 2. The summed E-state index contributed by atoms with van der Waals surface area (Å²) in [6, 6.07) is 5.53. The van der Waals surface area contributed by atoms with E-state index in [1.165, 1.54) is 17.0 Å². The van der Waals surface area contributed by atoms with Gasteiger partial charge < -0.3 is 15.1 Å². The number of carbonyl (C=O) groups excluding carboxylic acids is 1. The Balaban J connectivity index is 0.00000208. The van der Waals surface area contributed by atoms with E-state index in [1.807, 2.05) is 4.90 Å². The molecule has 0 aliphatic carbocycles. The maximum absolute atomic E-state index is 13.1. The summed E-state index contributed by atoms with van der Waals surface area (Å²) in [6.45, 7) is 2.85. The zero-order valence-corrected chi connectivity index (χ0v) is 14.0. The summed E-state index contributed by atoms with van der Waals surface area (Å²) in [4.78, 5) is 15.9. The number of urea groups is 1. The zero-order chi connectivity index (χ0) is 16.4. The smallest absolute Gasteiger partial charge is 0.320 e. The van der Waals surface area contributed by atoms with Gasteiger partial charge in [-0.05, 0) is 37.6 Å². The van der Waals surface area contributed by atoms with Crippen LogP contribution in [-0.4, -0.2) is 48.1 Å². The molecule has 2 aliphatic heterocycles. The van der Waals surface area contributed by atoms with Gasteiger partial charge in [-0.15, -0.1) is 12.4 Å².